The molecule has 1 heterocycles. The molecule has 6 heteroatoms. The number of fused-ring (bicyclic) bond motifs is 1. The number of anilines is 1. The van der Waals surface area contributed by atoms with Gasteiger partial charge in [-0.05, 0) is 44.9 Å². The largest absolute Gasteiger partial charge is 0.449 e. The lowest BCUT2D eigenvalue weighted by atomic mass is 10.0. The van der Waals surface area contributed by atoms with Crippen LogP contribution in [0.5, 0.6) is 0 Å². The van der Waals surface area contributed by atoms with E-state index < -0.39 is 23.5 Å². The SMILES string of the molecule is Cc1cc(C)c(NC(=O)[C@H](C)OC(=O)c2cc(=O)[nH]c3ccccc23)c(C)c1. The zero-order valence-electron chi connectivity index (χ0n) is 16.3. The smallest absolute Gasteiger partial charge is 0.339 e. The molecule has 3 rings (SSSR count). The minimum atomic E-state index is -1.02. The summed E-state index contributed by atoms with van der Waals surface area (Å²) in [6.07, 6.45) is -1.02. The highest BCUT2D eigenvalue weighted by molar-refractivity contribution is 6.04. The zero-order valence-corrected chi connectivity index (χ0v) is 16.3. The number of carbonyl (C=O) groups excluding carboxylic acids is 2. The van der Waals surface area contributed by atoms with Crippen LogP contribution < -0.4 is 10.9 Å². The van der Waals surface area contributed by atoms with Crippen LogP contribution in [0.25, 0.3) is 10.9 Å². The van der Waals surface area contributed by atoms with Crippen LogP contribution in [0.4, 0.5) is 5.69 Å². The third kappa shape index (κ3) is 3.96. The molecule has 3 aromatic rings. The Kier molecular flexibility index (Phi) is 5.31. The zero-order chi connectivity index (χ0) is 20.4. The Bertz CT molecular complexity index is 1110. The lowest BCUT2D eigenvalue weighted by molar-refractivity contribution is -0.123. The van der Waals surface area contributed by atoms with Crippen LogP contribution in [0.3, 0.4) is 0 Å². The van der Waals surface area contributed by atoms with Crippen molar-refractivity contribution in [3.8, 4) is 0 Å². The van der Waals surface area contributed by atoms with E-state index in [1.54, 1.807) is 24.3 Å². The number of benzene rings is 2. The van der Waals surface area contributed by atoms with E-state index in [2.05, 4.69) is 10.3 Å². The number of hydrogen-bond donors (Lipinski definition) is 2. The van der Waals surface area contributed by atoms with Crippen LogP contribution in [0.1, 0.15) is 34.0 Å². The van der Waals surface area contributed by atoms with Crippen molar-refractivity contribution < 1.29 is 14.3 Å². The number of aromatic amines is 1. The number of hydrogen-bond acceptors (Lipinski definition) is 4. The number of aromatic nitrogens is 1. The molecule has 0 radical (unpaired) electrons. The Hall–Kier alpha value is -3.41. The second-order valence-corrected chi connectivity index (χ2v) is 6.90. The maximum Gasteiger partial charge on any atom is 0.339 e. The molecule has 0 aliphatic carbocycles. The Morgan fingerprint density at radius 1 is 1.04 bits per heavy atom. The van der Waals surface area contributed by atoms with Gasteiger partial charge in [0.25, 0.3) is 5.91 Å². The van der Waals surface area contributed by atoms with E-state index in [9.17, 15) is 14.4 Å². The van der Waals surface area contributed by atoms with E-state index in [0.29, 0.717) is 16.6 Å². The lowest BCUT2D eigenvalue weighted by Gasteiger charge is -2.17. The molecule has 0 saturated heterocycles. The van der Waals surface area contributed by atoms with E-state index in [0.717, 1.165) is 16.7 Å². The fourth-order valence-corrected chi connectivity index (χ4v) is 3.25. The molecular formula is C22H22N2O4. The first-order chi connectivity index (χ1) is 13.3. The van der Waals surface area contributed by atoms with E-state index in [1.165, 1.54) is 13.0 Å². The van der Waals surface area contributed by atoms with Gasteiger partial charge in [0.05, 0.1) is 5.56 Å². The Balaban J connectivity index is 1.80. The average molecular weight is 378 g/mol. The molecule has 0 aliphatic rings. The summed E-state index contributed by atoms with van der Waals surface area (Å²) in [5, 5.41) is 3.39. The first-order valence-corrected chi connectivity index (χ1v) is 8.98. The van der Waals surface area contributed by atoms with Crippen LogP contribution in [-0.4, -0.2) is 23.0 Å². The molecule has 0 bridgehead atoms. The number of aryl methyl sites for hydroxylation is 3. The minimum Gasteiger partial charge on any atom is -0.449 e. The number of esters is 1. The van der Waals surface area contributed by atoms with Crippen molar-refractivity contribution in [3.05, 3.63) is 75.1 Å². The van der Waals surface area contributed by atoms with Gasteiger partial charge in [-0.1, -0.05) is 35.9 Å². The van der Waals surface area contributed by atoms with Crippen LogP contribution in [0, 0.1) is 20.8 Å². The van der Waals surface area contributed by atoms with E-state index in [4.69, 9.17) is 4.74 Å². The Morgan fingerprint density at radius 3 is 2.36 bits per heavy atom. The van der Waals surface area contributed by atoms with Crippen molar-refractivity contribution in [2.75, 3.05) is 5.32 Å². The highest BCUT2D eigenvalue weighted by Crippen LogP contribution is 2.22. The third-order valence-electron chi connectivity index (χ3n) is 4.55. The molecule has 0 fully saturated rings. The maximum absolute atomic E-state index is 12.6. The third-order valence-corrected chi connectivity index (χ3v) is 4.55. The molecule has 1 atom stereocenters. The number of carbonyl (C=O) groups is 2. The van der Waals surface area contributed by atoms with Crippen molar-refractivity contribution in [2.45, 2.75) is 33.8 Å². The van der Waals surface area contributed by atoms with Crippen LogP contribution in [0.15, 0.2) is 47.3 Å². The normalized spacial score (nSPS) is 11.9. The molecule has 28 heavy (non-hydrogen) atoms. The van der Waals surface area contributed by atoms with Gasteiger partial charge < -0.3 is 15.0 Å². The number of rotatable bonds is 4. The highest BCUT2D eigenvalue weighted by Gasteiger charge is 2.22. The summed E-state index contributed by atoms with van der Waals surface area (Å²) in [5.41, 5.74) is 3.93. The van der Waals surface area contributed by atoms with Gasteiger partial charge in [0, 0.05) is 22.7 Å². The average Bonchev–Trinajstić information content (AvgIpc) is 2.63. The van der Waals surface area contributed by atoms with Crippen molar-refractivity contribution in [3.63, 3.8) is 0 Å². The van der Waals surface area contributed by atoms with Gasteiger partial charge in [0.15, 0.2) is 6.10 Å². The second kappa shape index (κ2) is 7.68. The molecule has 1 amide bonds. The molecule has 0 unspecified atom stereocenters. The predicted molar refractivity (Wildman–Crippen MR) is 109 cm³/mol. The standard InChI is InChI=1S/C22H22N2O4/c1-12-9-13(2)20(14(3)10-12)24-21(26)15(4)28-22(27)17-11-19(25)23-18-8-6-5-7-16(17)18/h5-11,15H,1-4H3,(H,23,25)(H,24,26)/t15-/m0/s1. The quantitative estimate of drug-likeness (QED) is 0.679. The second-order valence-electron chi connectivity index (χ2n) is 6.90. The summed E-state index contributed by atoms with van der Waals surface area (Å²) in [7, 11) is 0. The molecule has 2 aromatic carbocycles. The number of ether oxygens (including phenoxy) is 1. The van der Waals surface area contributed by atoms with Gasteiger partial charge in [0.2, 0.25) is 5.56 Å². The van der Waals surface area contributed by atoms with Gasteiger partial charge in [-0.25, -0.2) is 4.79 Å². The number of pyridine rings is 1. The first kappa shape index (κ1) is 19.4. The van der Waals surface area contributed by atoms with Crippen LogP contribution in [-0.2, 0) is 9.53 Å². The van der Waals surface area contributed by atoms with E-state index >= 15 is 0 Å². The van der Waals surface area contributed by atoms with Crippen LogP contribution in [0.2, 0.25) is 0 Å². The summed E-state index contributed by atoms with van der Waals surface area (Å²) >= 11 is 0. The Morgan fingerprint density at radius 2 is 1.68 bits per heavy atom. The van der Waals surface area contributed by atoms with E-state index in [-0.39, 0.29) is 5.56 Å². The van der Waals surface area contributed by atoms with Crippen molar-refractivity contribution in [1.82, 2.24) is 4.98 Å². The number of para-hydroxylation sites is 1. The van der Waals surface area contributed by atoms with Gasteiger partial charge in [0.1, 0.15) is 0 Å². The molecular weight excluding hydrogens is 356 g/mol. The summed E-state index contributed by atoms with van der Waals surface area (Å²) in [6.45, 7) is 7.31. The topological polar surface area (TPSA) is 88.3 Å². The highest BCUT2D eigenvalue weighted by atomic mass is 16.5. The lowest BCUT2D eigenvalue weighted by Crippen LogP contribution is -2.31. The van der Waals surface area contributed by atoms with E-state index in [1.807, 2.05) is 32.9 Å². The number of H-pyrrole nitrogens is 1. The number of amides is 1. The molecule has 0 spiro atoms. The molecule has 2 N–H and O–H groups in total. The van der Waals surface area contributed by atoms with Gasteiger partial charge in [-0.3, -0.25) is 9.59 Å². The summed E-state index contributed by atoms with van der Waals surface area (Å²) in [4.78, 5) is 39.6. The van der Waals surface area contributed by atoms with Gasteiger partial charge in [-0.15, -0.1) is 0 Å². The molecule has 0 saturated carbocycles. The maximum atomic E-state index is 12.6. The van der Waals surface area contributed by atoms with Gasteiger partial charge in [-0.2, -0.15) is 0 Å². The molecule has 6 nitrogen and oxygen atoms in total. The fourth-order valence-electron chi connectivity index (χ4n) is 3.25. The predicted octanol–water partition coefficient (Wildman–Crippen LogP) is 3.64. The molecule has 1 aromatic heterocycles. The van der Waals surface area contributed by atoms with Crippen LogP contribution >= 0.6 is 0 Å². The molecule has 144 valence electrons. The molecule has 0 aliphatic heterocycles. The fraction of sp³-hybridized carbons (Fsp3) is 0.227. The van der Waals surface area contributed by atoms with Crippen molar-refractivity contribution in [1.29, 1.82) is 0 Å². The number of nitrogens with one attached hydrogen (secondary N) is 2. The minimum absolute atomic E-state index is 0.127. The van der Waals surface area contributed by atoms with Gasteiger partial charge >= 0.3 is 5.97 Å². The summed E-state index contributed by atoms with van der Waals surface area (Å²) in [5.74, 6) is -1.15. The first-order valence-electron chi connectivity index (χ1n) is 8.98. The monoisotopic (exact) mass is 378 g/mol. The van der Waals surface area contributed by atoms with Crippen molar-refractivity contribution >= 4 is 28.5 Å². The summed E-state index contributed by atoms with van der Waals surface area (Å²) in [6, 6.07) is 12.1. The summed E-state index contributed by atoms with van der Waals surface area (Å²) < 4.78 is 5.33. The Labute approximate surface area is 162 Å². The van der Waals surface area contributed by atoms with Crippen molar-refractivity contribution in [2.24, 2.45) is 0 Å².